The number of benzene rings is 2. The van der Waals surface area contributed by atoms with Gasteiger partial charge in [-0.2, -0.15) is 0 Å². The van der Waals surface area contributed by atoms with Gasteiger partial charge in [0.2, 0.25) is 0 Å². The van der Waals surface area contributed by atoms with Crippen LogP contribution in [0.3, 0.4) is 0 Å². The molecule has 0 amide bonds. The largest absolute Gasteiger partial charge is 0.462 e. The molecule has 2 aromatic rings. The lowest BCUT2D eigenvalue weighted by Gasteiger charge is -2.06. The number of halogens is 1. The van der Waals surface area contributed by atoms with Crippen LogP contribution in [-0.2, 0) is 4.74 Å². The minimum Gasteiger partial charge on any atom is -0.462 e. The molecule has 0 N–H and O–H groups in total. The minimum atomic E-state index is -0.418. The van der Waals surface area contributed by atoms with Crippen molar-refractivity contribution in [1.82, 2.24) is 0 Å². The Bertz CT molecular complexity index is 534. The predicted octanol–water partition coefficient (Wildman–Crippen LogP) is 3.16. The quantitative estimate of drug-likeness (QED) is 0.724. The van der Waals surface area contributed by atoms with E-state index in [9.17, 15) is 9.18 Å². The van der Waals surface area contributed by atoms with E-state index in [4.69, 9.17) is 4.74 Å². The Labute approximate surface area is 92.6 Å². The van der Waals surface area contributed by atoms with E-state index in [2.05, 4.69) is 0 Å². The molecule has 0 saturated heterocycles. The molecule has 0 spiro atoms. The maximum atomic E-state index is 13.5. The van der Waals surface area contributed by atoms with Gasteiger partial charge >= 0.3 is 5.97 Å². The van der Waals surface area contributed by atoms with E-state index >= 15 is 0 Å². The first kappa shape index (κ1) is 10.6. The average molecular weight is 218 g/mol. The van der Waals surface area contributed by atoms with Crippen LogP contribution in [0.4, 0.5) is 4.39 Å². The third-order valence-electron chi connectivity index (χ3n) is 2.37. The smallest absolute Gasteiger partial charge is 0.338 e. The Balaban J connectivity index is 2.63. The topological polar surface area (TPSA) is 26.3 Å². The number of carbonyl (C=O) groups excluding carboxylic acids is 1. The van der Waals surface area contributed by atoms with Crippen molar-refractivity contribution in [1.29, 1.82) is 0 Å². The first-order valence-electron chi connectivity index (χ1n) is 5.08. The molecule has 0 saturated carbocycles. The van der Waals surface area contributed by atoms with Crippen molar-refractivity contribution in [3.05, 3.63) is 47.8 Å². The fourth-order valence-corrected chi connectivity index (χ4v) is 1.65. The van der Waals surface area contributed by atoms with Crippen molar-refractivity contribution in [2.75, 3.05) is 6.61 Å². The normalized spacial score (nSPS) is 10.4. The summed E-state index contributed by atoms with van der Waals surface area (Å²) >= 11 is 0. The summed E-state index contributed by atoms with van der Waals surface area (Å²) in [6.45, 7) is 2.05. The van der Waals surface area contributed by atoms with E-state index < -0.39 is 5.97 Å². The molecule has 0 unspecified atom stereocenters. The molecule has 0 aliphatic rings. The molecule has 0 heterocycles. The molecule has 2 aromatic carbocycles. The highest BCUT2D eigenvalue weighted by Crippen LogP contribution is 2.22. The number of esters is 1. The summed E-state index contributed by atoms with van der Waals surface area (Å²) in [5, 5.41) is 1.02. The van der Waals surface area contributed by atoms with Crippen molar-refractivity contribution in [3.63, 3.8) is 0 Å². The van der Waals surface area contributed by atoms with Gasteiger partial charge in [0.25, 0.3) is 0 Å². The number of carbonyl (C=O) groups is 1. The van der Waals surface area contributed by atoms with Gasteiger partial charge in [-0.25, -0.2) is 9.18 Å². The second kappa shape index (κ2) is 4.31. The van der Waals surface area contributed by atoms with Crippen LogP contribution in [0.5, 0.6) is 0 Å². The predicted molar refractivity (Wildman–Crippen MR) is 59.9 cm³/mol. The third kappa shape index (κ3) is 1.76. The van der Waals surface area contributed by atoms with Crippen LogP contribution in [0.2, 0.25) is 0 Å². The van der Waals surface area contributed by atoms with Crippen molar-refractivity contribution in [2.45, 2.75) is 6.92 Å². The van der Waals surface area contributed by atoms with E-state index in [1.807, 2.05) is 0 Å². The number of hydrogen-bond acceptors (Lipinski definition) is 2. The van der Waals surface area contributed by atoms with E-state index in [1.165, 1.54) is 12.1 Å². The van der Waals surface area contributed by atoms with Gasteiger partial charge in [-0.1, -0.05) is 24.3 Å². The summed E-state index contributed by atoms with van der Waals surface area (Å²) in [5.74, 6) is -0.748. The summed E-state index contributed by atoms with van der Waals surface area (Å²) < 4.78 is 18.4. The Hall–Kier alpha value is -1.90. The van der Waals surface area contributed by atoms with E-state index in [1.54, 1.807) is 31.2 Å². The van der Waals surface area contributed by atoms with E-state index in [0.29, 0.717) is 22.9 Å². The fourth-order valence-electron chi connectivity index (χ4n) is 1.65. The van der Waals surface area contributed by atoms with Gasteiger partial charge in [0.1, 0.15) is 5.82 Å². The minimum absolute atomic E-state index is 0.310. The Morgan fingerprint density at radius 2 is 1.88 bits per heavy atom. The maximum Gasteiger partial charge on any atom is 0.338 e. The summed E-state index contributed by atoms with van der Waals surface area (Å²) in [5.41, 5.74) is 0.402. The summed E-state index contributed by atoms with van der Waals surface area (Å²) in [6, 6.07) is 9.60. The van der Waals surface area contributed by atoms with Crippen LogP contribution in [0.1, 0.15) is 17.3 Å². The van der Waals surface area contributed by atoms with Crippen LogP contribution in [0.25, 0.3) is 10.8 Å². The Morgan fingerprint density at radius 3 is 2.56 bits per heavy atom. The van der Waals surface area contributed by atoms with Crippen LogP contribution in [0.15, 0.2) is 36.4 Å². The van der Waals surface area contributed by atoms with Gasteiger partial charge in [0.05, 0.1) is 12.2 Å². The van der Waals surface area contributed by atoms with Gasteiger partial charge in [-0.15, -0.1) is 0 Å². The van der Waals surface area contributed by atoms with Crippen LogP contribution < -0.4 is 0 Å². The summed E-state index contributed by atoms with van der Waals surface area (Å²) in [6.07, 6.45) is 0. The molecule has 3 heteroatoms. The molecule has 2 rings (SSSR count). The number of hydrogen-bond donors (Lipinski definition) is 0. The first-order valence-corrected chi connectivity index (χ1v) is 5.08. The van der Waals surface area contributed by atoms with Gasteiger partial charge < -0.3 is 4.74 Å². The maximum absolute atomic E-state index is 13.5. The molecule has 2 nitrogen and oxygen atoms in total. The highest BCUT2D eigenvalue weighted by Gasteiger charge is 2.12. The molecular weight excluding hydrogens is 207 g/mol. The first-order chi connectivity index (χ1) is 7.74. The fraction of sp³-hybridized carbons (Fsp3) is 0.154. The number of ether oxygens (including phenoxy) is 1. The van der Waals surface area contributed by atoms with E-state index in [-0.39, 0.29) is 5.82 Å². The standard InChI is InChI=1S/C13H11FO2/c1-2-16-13(15)11-7-8-12(14)10-6-4-3-5-9(10)11/h3-8H,2H2,1H3. The molecule has 82 valence electrons. The summed E-state index contributed by atoms with van der Waals surface area (Å²) in [4.78, 5) is 11.6. The molecular formula is C13H11FO2. The van der Waals surface area contributed by atoms with E-state index in [0.717, 1.165) is 0 Å². The lowest BCUT2D eigenvalue weighted by Crippen LogP contribution is -2.05. The zero-order valence-corrected chi connectivity index (χ0v) is 8.87. The summed E-state index contributed by atoms with van der Waals surface area (Å²) in [7, 11) is 0. The third-order valence-corrected chi connectivity index (χ3v) is 2.37. The number of fused-ring (bicyclic) bond motifs is 1. The van der Waals surface area contributed by atoms with Crippen LogP contribution >= 0.6 is 0 Å². The molecule has 0 bridgehead atoms. The van der Waals surface area contributed by atoms with Crippen molar-refractivity contribution in [3.8, 4) is 0 Å². The lowest BCUT2D eigenvalue weighted by atomic mass is 10.0. The molecule has 0 fully saturated rings. The molecule has 0 radical (unpaired) electrons. The zero-order chi connectivity index (χ0) is 11.5. The van der Waals surface area contributed by atoms with Gasteiger partial charge in [0, 0.05) is 5.39 Å². The SMILES string of the molecule is CCOC(=O)c1ccc(F)c2ccccc12. The molecule has 0 aromatic heterocycles. The van der Waals surface area contributed by atoms with Gasteiger partial charge in [-0.05, 0) is 24.4 Å². The average Bonchev–Trinajstić information content (AvgIpc) is 2.30. The Morgan fingerprint density at radius 1 is 1.19 bits per heavy atom. The highest BCUT2D eigenvalue weighted by molar-refractivity contribution is 6.04. The Kier molecular flexibility index (Phi) is 2.86. The van der Waals surface area contributed by atoms with Crippen LogP contribution in [0, 0.1) is 5.82 Å². The van der Waals surface area contributed by atoms with Gasteiger partial charge in [-0.3, -0.25) is 0 Å². The second-order valence-electron chi connectivity index (χ2n) is 3.36. The molecule has 0 atom stereocenters. The van der Waals surface area contributed by atoms with Crippen molar-refractivity contribution in [2.24, 2.45) is 0 Å². The van der Waals surface area contributed by atoms with Crippen LogP contribution in [-0.4, -0.2) is 12.6 Å². The second-order valence-corrected chi connectivity index (χ2v) is 3.36. The molecule has 0 aliphatic carbocycles. The molecule has 0 aliphatic heterocycles. The number of rotatable bonds is 2. The zero-order valence-electron chi connectivity index (χ0n) is 8.87. The molecule has 16 heavy (non-hydrogen) atoms. The van der Waals surface area contributed by atoms with Crippen molar-refractivity contribution >= 4 is 16.7 Å². The van der Waals surface area contributed by atoms with Gasteiger partial charge in [0.15, 0.2) is 0 Å². The van der Waals surface area contributed by atoms with Crippen molar-refractivity contribution < 1.29 is 13.9 Å². The monoisotopic (exact) mass is 218 g/mol. The lowest BCUT2D eigenvalue weighted by molar-refractivity contribution is 0.0528. The highest BCUT2D eigenvalue weighted by atomic mass is 19.1.